The third kappa shape index (κ3) is 5.46. The van der Waals surface area contributed by atoms with Crippen molar-refractivity contribution in [3.05, 3.63) is 16.1 Å². The highest BCUT2D eigenvalue weighted by atomic mass is 32.1. The molecule has 0 aliphatic rings. The van der Waals surface area contributed by atoms with E-state index >= 15 is 0 Å². The third-order valence-electron chi connectivity index (χ3n) is 1.95. The maximum atomic E-state index is 12.0. The Hall–Kier alpha value is -0.620. The summed E-state index contributed by atoms with van der Waals surface area (Å²) >= 11 is 1.30. The Morgan fingerprint density at radius 3 is 2.81 bits per heavy atom. The molecule has 1 rings (SSSR count). The van der Waals surface area contributed by atoms with Crippen LogP contribution in [0.2, 0.25) is 0 Å². The molecule has 0 atom stereocenters. The summed E-state index contributed by atoms with van der Waals surface area (Å²) < 4.78 is 35.9. The normalized spacial score (nSPS) is 12.0. The summed E-state index contributed by atoms with van der Waals surface area (Å²) in [5.41, 5.74) is 0.829. The molecule has 0 amide bonds. The van der Waals surface area contributed by atoms with E-state index in [1.165, 1.54) is 11.3 Å². The lowest BCUT2D eigenvalue weighted by atomic mass is 10.3. The molecule has 0 aromatic carbocycles. The van der Waals surface area contributed by atoms with Crippen LogP contribution in [0, 0.1) is 0 Å². The minimum atomic E-state index is -4.09. The van der Waals surface area contributed by atoms with E-state index in [2.05, 4.69) is 17.2 Å². The zero-order valence-electron chi connectivity index (χ0n) is 9.10. The first-order valence-corrected chi connectivity index (χ1v) is 6.10. The Balaban J connectivity index is 2.33. The molecule has 1 N–H and O–H groups in total. The van der Waals surface area contributed by atoms with E-state index in [0.29, 0.717) is 11.6 Å². The number of nitrogens with zero attached hydrogens (tertiary/aromatic N) is 1. The highest BCUT2D eigenvalue weighted by molar-refractivity contribution is 7.09. The van der Waals surface area contributed by atoms with Crippen molar-refractivity contribution in [2.45, 2.75) is 38.9 Å². The average molecular weight is 252 g/mol. The van der Waals surface area contributed by atoms with Gasteiger partial charge in [0, 0.05) is 24.8 Å². The lowest BCUT2D eigenvalue weighted by Gasteiger charge is -2.03. The van der Waals surface area contributed by atoms with E-state index in [0.717, 1.165) is 18.7 Å². The van der Waals surface area contributed by atoms with Crippen LogP contribution in [-0.4, -0.2) is 17.7 Å². The number of halogens is 3. The van der Waals surface area contributed by atoms with Crippen LogP contribution in [0.3, 0.4) is 0 Å². The molecule has 1 heterocycles. The predicted molar refractivity (Wildman–Crippen MR) is 58.5 cm³/mol. The number of aromatic nitrogens is 1. The van der Waals surface area contributed by atoms with E-state index in [-0.39, 0.29) is 6.42 Å². The number of thiazole rings is 1. The highest BCUT2D eigenvalue weighted by Crippen LogP contribution is 2.23. The van der Waals surface area contributed by atoms with Gasteiger partial charge in [-0.2, -0.15) is 13.2 Å². The minimum Gasteiger partial charge on any atom is -0.311 e. The Morgan fingerprint density at radius 2 is 2.19 bits per heavy atom. The summed E-state index contributed by atoms with van der Waals surface area (Å²) in [5.74, 6) is 0. The first-order chi connectivity index (χ1) is 7.51. The third-order valence-corrected chi connectivity index (χ3v) is 2.91. The van der Waals surface area contributed by atoms with Crippen molar-refractivity contribution in [2.75, 3.05) is 6.54 Å². The lowest BCUT2D eigenvalue weighted by molar-refractivity contribution is -0.134. The Kier molecular flexibility index (Phi) is 5.21. The molecule has 1 aromatic rings. The van der Waals surface area contributed by atoms with E-state index < -0.39 is 12.6 Å². The van der Waals surface area contributed by atoms with Gasteiger partial charge in [-0.3, -0.25) is 0 Å². The first kappa shape index (κ1) is 13.4. The number of aryl methyl sites for hydroxylation is 1. The maximum Gasteiger partial charge on any atom is 0.389 e. The number of alkyl halides is 3. The van der Waals surface area contributed by atoms with Crippen LogP contribution < -0.4 is 5.32 Å². The number of hydrogen-bond donors (Lipinski definition) is 1. The number of nitrogens with one attached hydrogen (secondary N) is 1. The molecule has 0 fully saturated rings. The highest BCUT2D eigenvalue weighted by Gasteiger charge is 2.27. The summed E-state index contributed by atoms with van der Waals surface area (Å²) in [5, 5.41) is 5.53. The first-order valence-electron chi connectivity index (χ1n) is 5.22. The second-order valence-corrected chi connectivity index (χ2v) is 4.47. The van der Waals surface area contributed by atoms with Crippen LogP contribution in [-0.2, 0) is 13.0 Å². The van der Waals surface area contributed by atoms with Crippen molar-refractivity contribution in [2.24, 2.45) is 0 Å². The molecule has 0 aliphatic heterocycles. The monoisotopic (exact) mass is 252 g/mol. The van der Waals surface area contributed by atoms with Gasteiger partial charge in [0.25, 0.3) is 0 Å². The fourth-order valence-electron chi connectivity index (χ4n) is 1.19. The SMILES string of the molecule is CCCNCc1csc(CCC(F)(F)F)n1. The van der Waals surface area contributed by atoms with Gasteiger partial charge in [0.2, 0.25) is 0 Å². The average Bonchev–Trinajstić information content (AvgIpc) is 2.62. The molecule has 0 saturated heterocycles. The van der Waals surface area contributed by atoms with Gasteiger partial charge < -0.3 is 5.32 Å². The molecule has 0 bridgehead atoms. The standard InChI is InChI=1S/C10H15F3N2S/c1-2-5-14-6-8-7-16-9(15-8)3-4-10(11,12)13/h7,14H,2-6H2,1H3. The summed E-state index contributed by atoms with van der Waals surface area (Å²) in [6.07, 6.45) is -3.86. The van der Waals surface area contributed by atoms with Gasteiger partial charge in [-0.05, 0) is 13.0 Å². The van der Waals surface area contributed by atoms with Gasteiger partial charge in [-0.25, -0.2) is 4.98 Å². The molecule has 0 aliphatic carbocycles. The van der Waals surface area contributed by atoms with Crippen LogP contribution in [0.4, 0.5) is 13.2 Å². The molecule has 0 saturated carbocycles. The van der Waals surface area contributed by atoms with Crippen LogP contribution >= 0.6 is 11.3 Å². The molecule has 2 nitrogen and oxygen atoms in total. The van der Waals surface area contributed by atoms with Gasteiger partial charge in [-0.1, -0.05) is 6.92 Å². The van der Waals surface area contributed by atoms with Crippen molar-refractivity contribution in [1.29, 1.82) is 0 Å². The smallest absolute Gasteiger partial charge is 0.311 e. The molecule has 0 unspecified atom stereocenters. The molecular weight excluding hydrogens is 237 g/mol. The van der Waals surface area contributed by atoms with Gasteiger partial charge in [0.15, 0.2) is 0 Å². The molecule has 16 heavy (non-hydrogen) atoms. The van der Waals surface area contributed by atoms with Crippen molar-refractivity contribution < 1.29 is 13.2 Å². The molecule has 0 radical (unpaired) electrons. The Morgan fingerprint density at radius 1 is 1.44 bits per heavy atom. The van der Waals surface area contributed by atoms with Crippen molar-refractivity contribution in [3.8, 4) is 0 Å². The van der Waals surface area contributed by atoms with Crippen LogP contribution in [0.5, 0.6) is 0 Å². The fraction of sp³-hybridized carbons (Fsp3) is 0.700. The quantitative estimate of drug-likeness (QED) is 0.787. The van der Waals surface area contributed by atoms with E-state index in [1.807, 2.05) is 5.38 Å². The summed E-state index contributed by atoms with van der Waals surface area (Å²) in [7, 11) is 0. The minimum absolute atomic E-state index is 0.0120. The Bertz CT molecular complexity index is 309. The van der Waals surface area contributed by atoms with Gasteiger partial charge in [0.1, 0.15) is 0 Å². The molecule has 1 aromatic heterocycles. The zero-order chi connectivity index (χ0) is 12.0. The molecule has 6 heteroatoms. The predicted octanol–water partition coefficient (Wildman–Crippen LogP) is 3.14. The second-order valence-electron chi connectivity index (χ2n) is 3.52. The fourth-order valence-corrected chi connectivity index (χ4v) is 1.98. The van der Waals surface area contributed by atoms with Gasteiger partial charge in [0.05, 0.1) is 10.7 Å². The van der Waals surface area contributed by atoms with Crippen molar-refractivity contribution >= 4 is 11.3 Å². The largest absolute Gasteiger partial charge is 0.389 e. The zero-order valence-corrected chi connectivity index (χ0v) is 9.92. The van der Waals surface area contributed by atoms with Crippen LogP contribution in [0.15, 0.2) is 5.38 Å². The second kappa shape index (κ2) is 6.20. The van der Waals surface area contributed by atoms with Crippen molar-refractivity contribution in [1.82, 2.24) is 10.3 Å². The van der Waals surface area contributed by atoms with Crippen molar-refractivity contribution in [3.63, 3.8) is 0 Å². The van der Waals surface area contributed by atoms with E-state index in [1.54, 1.807) is 0 Å². The van der Waals surface area contributed by atoms with Gasteiger partial charge in [-0.15, -0.1) is 11.3 Å². The summed E-state index contributed by atoms with van der Waals surface area (Å²) in [6.45, 7) is 3.59. The van der Waals surface area contributed by atoms with E-state index in [4.69, 9.17) is 0 Å². The number of rotatable bonds is 6. The molecule has 0 spiro atoms. The maximum absolute atomic E-state index is 12.0. The van der Waals surface area contributed by atoms with Crippen LogP contribution in [0.1, 0.15) is 30.5 Å². The molecule has 92 valence electrons. The lowest BCUT2D eigenvalue weighted by Crippen LogP contribution is -2.14. The van der Waals surface area contributed by atoms with Crippen LogP contribution in [0.25, 0.3) is 0 Å². The van der Waals surface area contributed by atoms with Gasteiger partial charge >= 0.3 is 6.18 Å². The molecular formula is C10H15F3N2S. The Labute approximate surface area is 96.9 Å². The number of hydrogen-bond acceptors (Lipinski definition) is 3. The summed E-state index contributed by atoms with van der Waals surface area (Å²) in [4.78, 5) is 4.14. The topological polar surface area (TPSA) is 24.9 Å². The van der Waals surface area contributed by atoms with E-state index in [9.17, 15) is 13.2 Å². The summed E-state index contributed by atoms with van der Waals surface area (Å²) in [6, 6.07) is 0.